The van der Waals surface area contributed by atoms with Gasteiger partial charge in [-0.25, -0.2) is 4.79 Å². The first-order valence-corrected chi connectivity index (χ1v) is 16.8. The number of aryl methyl sites for hydroxylation is 1. The first-order valence-electron chi connectivity index (χ1n) is 16.8. The lowest BCUT2D eigenvalue weighted by molar-refractivity contribution is -0.159. The van der Waals surface area contributed by atoms with E-state index in [1.165, 1.54) is 7.11 Å². The molecule has 6 nitrogen and oxygen atoms in total. The zero-order valence-electron chi connectivity index (χ0n) is 28.0. The van der Waals surface area contributed by atoms with E-state index in [9.17, 15) is 14.7 Å². The van der Waals surface area contributed by atoms with E-state index in [4.69, 9.17) is 14.2 Å². The van der Waals surface area contributed by atoms with Crippen molar-refractivity contribution in [3.8, 4) is 0 Å². The molecular formula is C44H40O6. The number of hydrogen-bond donors (Lipinski definition) is 1. The second kappa shape index (κ2) is 16.2. The molecule has 6 aromatic carbocycles. The quantitative estimate of drug-likeness (QED) is 0.0933. The highest BCUT2D eigenvalue weighted by molar-refractivity contribution is 5.96. The van der Waals surface area contributed by atoms with Crippen LogP contribution in [0.3, 0.4) is 0 Å². The Balaban J connectivity index is 1.33. The second-order valence-electron chi connectivity index (χ2n) is 12.2. The van der Waals surface area contributed by atoms with Crippen molar-refractivity contribution >= 4 is 22.7 Å². The smallest absolute Gasteiger partial charge is 0.337 e. The Kier molecular flexibility index (Phi) is 11.1. The Morgan fingerprint density at radius 2 is 1.24 bits per heavy atom. The van der Waals surface area contributed by atoms with E-state index in [1.54, 1.807) is 6.07 Å². The van der Waals surface area contributed by atoms with Gasteiger partial charge in [0.25, 0.3) is 0 Å². The van der Waals surface area contributed by atoms with Crippen molar-refractivity contribution in [2.75, 3.05) is 13.7 Å². The molecule has 0 aromatic heterocycles. The van der Waals surface area contributed by atoms with Gasteiger partial charge in [-0.05, 0) is 63.6 Å². The van der Waals surface area contributed by atoms with Gasteiger partial charge in [-0.2, -0.15) is 0 Å². The number of hydrogen-bond acceptors (Lipinski definition) is 6. The molecule has 6 heteroatoms. The van der Waals surface area contributed by atoms with E-state index in [2.05, 4.69) is 0 Å². The van der Waals surface area contributed by atoms with E-state index in [0.717, 1.165) is 38.6 Å². The Morgan fingerprint density at radius 3 is 1.80 bits per heavy atom. The van der Waals surface area contributed by atoms with E-state index in [1.807, 2.05) is 152 Å². The topological polar surface area (TPSA) is 82.1 Å². The van der Waals surface area contributed by atoms with Crippen molar-refractivity contribution in [1.29, 1.82) is 0 Å². The first-order chi connectivity index (χ1) is 24.5. The lowest BCUT2D eigenvalue weighted by atomic mass is 9.80. The second-order valence-corrected chi connectivity index (χ2v) is 12.2. The highest BCUT2D eigenvalue weighted by Gasteiger charge is 2.40. The molecule has 0 heterocycles. The number of methoxy groups -OCH3 is 1. The molecule has 0 fully saturated rings. The number of rotatable bonds is 14. The van der Waals surface area contributed by atoms with Crippen molar-refractivity contribution in [2.24, 2.45) is 5.92 Å². The molecule has 0 aliphatic heterocycles. The maximum atomic E-state index is 13.9. The molecule has 0 spiro atoms. The molecule has 0 aliphatic rings. The van der Waals surface area contributed by atoms with Crippen molar-refractivity contribution in [3.05, 3.63) is 191 Å². The van der Waals surface area contributed by atoms with Crippen LogP contribution in [0.25, 0.3) is 10.8 Å². The van der Waals surface area contributed by atoms with Gasteiger partial charge in [0.1, 0.15) is 18.1 Å². The third-order valence-electron chi connectivity index (χ3n) is 9.11. The molecule has 0 radical (unpaired) electrons. The molecule has 50 heavy (non-hydrogen) atoms. The Labute approximate surface area is 292 Å². The minimum absolute atomic E-state index is 0.0731. The molecule has 6 aromatic rings. The van der Waals surface area contributed by atoms with Crippen molar-refractivity contribution < 1.29 is 28.9 Å². The molecule has 0 saturated carbocycles. The minimum Gasteiger partial charge on any atom is -0.465 e. The maximum Gasteiger partial charge on any atom is 0.337 e. The number of benzene rings is 6. The van der Waals surface area contributed by atoms with Crippen LogP contribution >= 0.6 is 0 Å². The summed E-state index contributed by atoms with van der Waals surface area (Å²) >= 11 is 0. The Morgan fingerprint density at radius 1 is 0.680 bits per heavy atom. The van der Waals surface area contributed by atoms with Gasteiger partial charge in [0.2, 0.25) is 0 Å². The summed E-state index contributed by atoms with van der Waals surface area (Å²) in [6, 6.07) is 50.6. The van der Waals surface area contributed by atoms with Gasteiger partial charge >= 0.3 is 11.9 Å². The fourth-order valence-electron chi connectivity index (χ4n) is 6.46. The molecular weight excluding hydrogens is 624 g/mol. The summed E-state index contributed by atoms with van der Waals surface area (Å²) in [4.78, 5) is 26.2. The summed E-state index contributed by atoms with van der Waals surface area (Å²) in [7, 11) is 1.36. The third-order valence-corrected chi connectivity index (χ3v) is 9.11. The van der Waals surface area contributed by atoms with Gasteiger partial charge in [0.05, 0.1) is 25.4 Å². The Bertz CT molecular complexity index is 1900. The average molecular weight is 665 g/mol. The summed E-state index contributed by atoms with van der Waals surface area (Å²) in [6.07, 6.45) is -0.393. The van der Waals surface area contributed by atoms with Gasteiger partial charge in [0.15, 0.2) is 0 Å². The summed E-state index contributed by atoms with van der Waals surface area (Å²) in [6.45, 7) is -0.0424. The largest absolute Gasteiger partial charge is 0.465 e. The molecule has 0 amide bonds. The van der Waals surface area contributed by atoms with E-state index < -0.39 is 29.6 Å². The number of carbonyl (C=O) groups excluding carboxylic acids is 2. The van der Waals surface area contributed by atoms with Crippen molar-refractivity contribution in [3.63, 3.8) is 0 Å². The van der Waals surface area contributed by atoms with Crippen LogP contribution in [0, 0.1) is 5.92 Å². The minimum atomic E-state index is -1.10. The van der Waals surface area contributed by atoms with Gasteiger partial charge < -0.3 is 19.3 Å². The van der Waals surface area contributed by atoms with E-state index in [-0.39, 0.29) is 19.6 Å². The fourth-order valence-corrected chi connectivity index (χ4v) is 6.46. The van der Waals surface area contributed by atoms with Crippen molar-refractivity contribution in [2.45, 2.75) is 31.2 Å². The van der Waals surface area contributed by atoms with Gasteiger partial charge in [0, 0.05) is 0 Å². The van der Waals surface area contributed by atoms with Crippen LogP contribution in [0.1, 0.15) is 44.6 Å². The van der Waals surface area contributed by atoms with Gasteiger partial charge in [-0.1, -0.05) is 146 Å². The van der Waals surface area contributed by atoms with Crippen LogP contribution in [0.4, 0.5) is 0 Å². The standard InChI is InChI=1S/C44H40O6/c1-48-42(46)35-26-25-33-17-14-18-34(39(33)29-35)27-28-41(45)40(43(47)49-30-32-15-6-2-7-16-32)31-50-44(36-19-8-3-9-20-36,37-21-10-4-11-22-37)38-23-12-5-13-24-38/h2-26,29,40-41,45H,27-28,30-31H2,1H3/t40-,41-/m0/s1. The van der Waals surface area contributed by atoms with Crippen LogP contribution in [0.2, 0.25) is 0 Å². The molecule has 0 unspecified atom stereocenters. The third kappa shape index (κ3) is 7.68. The predicted octanol–water partition coefficient (Wildman–Crippen LogP) is 8.29. The van der Waals surface area contributed by atoms with Crippen LogP contribution in [0.15, 0.2) is 158 Å². The summed E-state index contributed by atoms with van der Waals surface area (Å²) < 4.78 is 17.8. The maximum absolute atomic E-state index is 13.9. The molecule has 6 rings (SSSR count). The molecule has 0 saturated heterocycles. The van der Waals surface area contributed by atoms with E-state index in [0.29, 0.717) is 12.0 Å². The zero-order valence-corrected chi connectivity index (χ0v) is 28.0. The number of ether oxygens (including phenoxy) is 3. The van der Waals surface area contributed by atoms with Crippen LogP contribution in [0.5, 0.6) is 0 Å². The number of esters is 2. The van der Waals surface area contributed by atoms with Crippen molar-refractivity contribution in [1.82, 2.24) is 0 Å². The molecule has 252 valence electrons. The number of carbonyl (C=O) groups is 2. The monoisotopic (exact) mass is 664 g/mol. The van der Waals surface area contributed by atoms with Gasteiger partial charge in [-0.15, -0.1) is 0 Å². The first kappa shape index (κ1) is 34.3. The molecule has 1 N–H and O–H groups in total. The highest BCUT2D eigenvalue weighted by Crippen LogP contribution is 2.41. The lowest BCUT2D eigenvalue weighted by Crippen LogP contribution is -2.40. The molecule has 0 bridgehead atoms. The molecule has 0 aliphatic carbocycles. The van der Waals surface area contributed by atoms with Crippen LogP contribution in [-0.2, 0) is 37.6 Å². The number of fused-ring (bicyclic) bond motifs is 1. The Hall–Kier alpha value is -5.56. The van der Waals surface area contributed by atoms with Gasteiger partial charge in [-0.3, -0.25) is 4.79 Å². The number of aliphatic hydroxyl groups is 1. The lowest BCUT2D eigenvalue weighted by Gasteiger charge is -2.37. The van der Waals surface area contributed by atoms with Crippen LogP contribution < -0.4 is 0 Å². The predicted molar refractivity (Wildman–Crippen MR) is 195 cm³/mol. The zero-order chi connectivity index (χ0) is 34.8. The normalized spacial score (nSPS) is 12.6. The average Bonchev–Trinajstić information content (AvgIpc) is 3.18. The highest BCUT2D eigenvalue weighted by atomic mass is 16.5. The molecule has 2 atom stereocenters. The summed E-state index contributed by atoms with van der Waals surface area (Å²) in [5, 5.41) is 13.7. The number of aliphatic hydroxyl groups excluding tert-OH is 1. The van der Waals surface area contributed by atoms with Crippen LogP contribution in [-0.4, -0.2) is 36.9 Å². The summed E-state index contributed by atoms with van der Waals surface area (Å²) in [5.41, 5.74) is 3.82. The SMILES string of the molecule is COC(=O)c1ccc2cccc(CC[C@H](O)[C@H](COC(c3ccccc3)(c3ccccc3)c3ccccc3)C(=O)OCc3ccccc3)c2c1. The summed E-state index contributed by atoms with van der Waals surface area (Å²) in [5.74, 6) is -1.97. The fraction of sp³-hybridized carbons (Fsp3) is 0.182. The van der Waals surface area contributed by atoms with E-state index >= 15 is 0 Å².